The third-order valence-electron chi connectivity index (χ3n) is 3.23. The molecule has 0 aromatic rings. The lowest BCUT2D eigenvalue weighted by atomic mass is 9.83. The van der Waals surface area contributed by atoms with Crippen molar-refractivity contribution in [1.29, 1.82) is 0 Å². The van der Waals surface area contributed by atoms with E-state index in [0.717, 1.165) is 19.0 Å². The second kappa shape index (κ2) is 4.64. The number of nitrogens with zero attached hydrogens (tertiary/aromatic N) is 1. The van der Waals surface area contributed by atoms with E-state index in [9.17, 15) is 0 Å². The summed E-state index contributed by atoms with van der Waals surface area (Å²) in [7, 11) is 0. The molecule has 0 saturated heterocycles. The largest absolute Gasteiger partial charge is 0.374 e. The quantitative estimate of drug-likeness (QED) is 0.708. The topological polar surface area (TPSA) is 24.4 Å². The van der Waals surface area contributed by atoms with Gasteiger partial charge < -0.3 is 5.32 Å². The summed E-state index contributed by atoms with van der Waals surface area (Å²) in [5, 5.41) is 3.47. The first-order chi connectivity index (χ1) is 6.45. The molecular formula is C11H20N2. The van der Waals surface area contributed by atoms with E-state index in [-0.39, 0.29) is 0 Å². The number of rotatable bonds is 3. The van der Waals surface area contributed by atoms with Crippen LogP contribution in [0.5, 0.6) is 0 Å². The Morgan fingerprint density at radius 1 is 1.23 bits per heavy atom. The lowest BCUT2D eigenvalue weighted by molar-refractivity contribution is 0.297. The molecule has 2 heteroatoms. The normalized spacial score (nSPS) is 23.5. The highest BCUT2D eigenvalue weighted by Crippen LogP contribution is 2.28. The van der Waals surface area contributed by atoms with E-state index in [1.165, 1.54) is 50.8 Å². The van der Waals surface area contributed by atoms with E-state index in [1.54, 1.807) is 0 Å². The van der Waals surface area contributed by atoms with Crippen molar-refractivity contribution < 1.29 is 0 Å². The fourth-order valence-corrected chi connectivity index (χ4v) is 2.04. The zero-order chi connectivity index (χ0) is 8.93. The van der Waals surface area contributed by atoms with Gasteiger partial charge in [0.05, 0.1) is 5.84 Å². The number of hydrogen-bond acceptors (Lipinski definition) is 2. The highest BCUT2D eigenvalue weighted by atomic mass is 15.0. The van der Waals surface area contributed by atoms with Gasteiger partial charge in [-0.15, -0.1) is 0 Å². The van der Waals surface area contributed by atoms with Crippen LogP contribution in [-0.2, 0) is 0 Å². The number of hydrogen-bond donors (Lipinski definition) is 1. The van der Waals surface area contributed by atoms with Crippen LogP contribution in [0, 0.1) is 5.92 Å². The molecule has 2 aliphatic rings. The summed E-state index contributed by atoms with van der Waals surface area (Å²) in [5.41, 5.74) is 0. The number of nitrogens with one attached hydrogen (secondary N) is 1. The minimum Gasteiger partial charge on any atom is -0.374 e. The molecule has 0 radical (unpaired) electrons. The van der Waals surface area contributed by atoms with Gasteiger partial charge in [0, 0.05) is 19.5 Å². The lowest BCUT2D eigenvalue weighted by Gasteiger charge is -2.25. The average Bonchev–Trinajstić information content (AvgIpc) is 2.11. The number of amidine groups is 1. The minimum atomic E-state index is 1.02. The van der Waals surface area contributed by atoms with E-state index in [1.807, 2.05) is 0 Å². The summed E-state index contributed by atoms with van der Waals surface area (Å²) in [6.07, 6.45) is 9.56. The Labute approximate surface area is 80.8 Å². The summed E-state index contributed by atoms with van der Waals surface area (Å²) in [4.78, 5) is 4.48. The molecule has 0 atom stereocenters. The van der Waals surface area contributed by atoms with Crippen LogP contribution >= 0.6 is 0 Å². The van der Waals surface area contributed by atoms with Crippen LogP contribution in [0.3, 0.4) is 0 Å². The molecule has 0 amide bonds. The first-order valence-electron chi connectivity index (χ1n) is 5.72. The first-order valence-corrected chi connectivity index (χ1v) is 5.72. The summed E-state index contributed by atoms with van der Waals surface area (Å²) >= 11 is 0. The van der Waals surface area contributed by atoms with E-state index in [0.29, 0.717) is 0 Å². The Kier molecular flexibility index (Phi) is 3.22. The SMILES string of the molecule is C1CCC(NCCC2CCC2)=NC1. The van der Waals surface area contributed by atoms with Gasteiger partial charge in [-0.25, -0.2) is 0 Å². The number of aliphatic imine (C=N–C) groups is 1. The van der Waals surface area contributed by atoms with Gasteiger partial charge in [-0.3, -0.25) is 4.99 Å². The van der Waals surface area contributed by atoms with Gasteiger partial charge in [0.2, 0.25) is 0 Å². The zero-order valence-electron chi connectivity index (χ0n) is 8.39. The first kappa shape index (κ1) is 9.04. The van der Waals surface area contributed by atoms with Gasteiger partial charge in [-0.2, -0.15) is 0 Å². The van der Waals surface area contributed by atoms with Crippen molar-refractivity contribution in [2.75, 3.05) is 13.1 Å². The molecule has 0 spiro atoms. The summed E-state index contributed by atoms with van der Waals surface area (Å²) in [6.45, 7) is 2.20. The average molecular weight is 180 g/mol. The van der Waals surface area contributed by atoms with Crippen molar-refractivity contribution in [1.82, 2.24) is 5.32 Å². The van der Waals surface area contributed by atoms with Crippen LogP contribution in [0.2, 0.25) is 0 Å². The van der Waals surface area contributed by atoms with Crippen LogP contribution in [0.25, 0.3) is 0 Å². The second-order valence-electron chi connectivity index (χ2n) is 4.30. The predicted molar refractivity (Wildman–Crippen MR) is 56.1 cm³/mol. The highest BCUT2D eigenvalue weighted by Gasteiger charge is 2.16. The van der Waals surface area contributed by atoms with E-state index in [4.69, 9.17) is 0 Å². The zero-order valence-corrected chi connectivity index (χ0v) is 8.39. The fourth-order valence-electron chi connectivity index (χ4n) is 2.04. The Hall–Kier alpha value is -0.530. The Bertz CT molecular complexity index is 183. The Balaban J connectivity index is 1.58. The van der Waals surface area contributed by atoms with Gasteiger partial charge in [0.15, 0.2) is 0 Å². The van der Waals surface area contributed by atoms with Crippen LogP contribution in [0.1, 0.15) is 44.9 Å². The van der Waals surface area contributed by atoms with Crippen molar-refractivity contribution in [2.24, 2.45) is 10.9 Å². The van der Waals surface area contributed by atoms with Gasteiger partial charge >= 0.3 is 0 Å². The van der Waals surface area contributed by atoms with Crippen LogP contribution in [0.15, 0.2) is 4.99 Å². The van der Waals surface area contributed by atoms with Gasteiger partial charge in [-0.1, -0.05) is 19.3 Å². The molecule has 0 bridgehead atoms. The summed E-state index contributed by atoms with van der Waals surface area (Å²) in [5.74, 6) is 2.29. The molecule has 1 heterocycles. The Morgan fingerprint density at radius 3 is 2.77 bits per heavy atom. The standard InChI is InChI=1S/C11H20N2/c1-2-8-12-11(6-1)13-9-7-10-4-3-5-10/h10H,1-9H2,(H,12,13). The van der Waals surface area contributed by atoms with Crippen molar-refractivity contribution in [3.63, 3.8) is 0 Å². The van der Waals surface area contributed by atoms with Crippen molar-refractivity contribution in [3.05, 3.63) is 0 Å². The summed E-state index contributed by atoms with van der Waals surface area (Å²) in [6, 6.07) is 0. The van der Waals surface area contributed by atoms with Crippen LogP contribution < -0.4 is 5.32 Å². The van der Waals surface area contributed by atoms with Gasteiger partial charge in [-0.05, 0) is 25.2 Å². The molecule has 0 unspecified atom stereocenters. The molecule has 2 rings (SSSR count). The molecule has 1 fully saturated rings. The van der Waals surface area contributed by atoms with Crippen LogP contribution in [0.4, 0.5) is 0 Å². The van der Waals surface area contributed by atoms with Crippen molar-refractivity contribution in [2.45, 2.75) is 44.9 Å². The molecule has 13 heavy (non-hydrogen) atoms. The van der Waals surface area contributed by atoms with Crippen molar-refractivity contribution in [3.8, 4) is 0 Å². The van der Waals surface area contributed by atoms with Crippen molar-refractivity contribution >= 4 is 5.84 Å². The molecule has 1 saturated carbocycles. The maximum Gasteiger partial charge on any atom is 0.0963 e. The molecule has 0 aromatic carbocycles. The van der Waals surface area contributed by atoms with E-state index in [2.05, 4.69) is 10.3 Å². The Morgan fingerprint density at radius 2 is 2.15 bits per heavy atom. The lowest BCUT2D eigenvalue weighted by Crippen LogP contribution is -2.29. The van der Waals surface area contributed by atoms with Crippen LogP contribution in [-0.4, -0.2) is 18.9 Å². The predicted octanol–water partition coefficient (Wildman–Crippen LogP) is 2.35. The molecule has 1 N–H and O–H groups in total. The third-order valence-corrected chi connectivity index (χ3v) is 3.23. The minimum absolute atomic E-state index is 1.02. The van der Waals surface area contributed by atoms with E-state index >= 15 is 0 Å². The summed E-state index contributed by atoms with van der Waals surface area (Å²) < 4.78 is 0. The smallest absolute Gasteiger partial charge is 0.0963 e. The molecule has 1 aliphatic heterocycles. The third kappa shape index (κ3) is 2.71. The maximum atomic E-state index is 4.48. The molecule has 0 aromatic heterocycles. The molecular weight excluding hydrogens is 160 g/mol. The second-order valence-corrected chi connectivity index (χ2v) is 4.30. The molecule has 1 aliphatic carbocycles. The fraction of sp³-hybridized carbons (Fsp3) is 0.909. The van der Waals surface area contributed by atoms with Gasteiger partial charge in [0.25, 0.3) is 0 Å². The molecule has 2 nitrogen and oxygen atoms in total. The highest BCUT2D eigenvalue weighted by molar-refractivity contribution is 5.82. The van der Waals surface area contributed by atoms with E-state index < -0.39 is 0 Å². The monoisotopic (exact) mass is 180 g/mol. The van der Waals surface area contributed by atoms with Gasteiger partial charge in [0.1, 0.15) is 0 Å². The molecule has 74 valence electrons. The maximum absolute atomic E-state index is 4.48.